The molecular weight excluding hydrogens is 396 g/mol. The number of nitrogens with zero attached hydrogens (tertiary/aromatic N) is 4. The minimum Gasteiger partial charge on any atom is -0.340 e. The number of aromatic nitrogens is 3. The zero-order valence-electron chi connectivity index (χ0n) is 13.8. The molecule has 0 aromatic carbocycles. The van der Waals surface area contributed by atoms with Crippen molar-refractivity contribution in [2.45, 2.75) is 25.2 Å². The smallest absolute Gasteiger partial charge is 0.233 e. The standard InChI is InChI=1S/C16H17ClN4OS3/c1-3-21-15(12-5-4-8-23-12)18-19-16(21)24-10-14(22)20(2)9-11-6-7-13(17)25-11/h4-8H,3,9-10H2,1-2H3. The molecule has 9 heteroatoms. The molecule has 0 radical (unpaired) electrons. The number of amides is 1. The zero-order chi connectivity index (χ0) is 17.8. The van der Waals surface area contributed by atoms with Crippen molar-refractivity contribution in [1.82, 2.24) is 19.7 Å². The first-order chi connectivity index (χ1) is 12.1. The van der Waals surface area contributed by atoms with E-state index in [4.69, 9.17) is 11.6 Å². The third-order valence-corrected chi connectivity index (χ3v) is 6.58. The topological polar surface area (TPSA) is 51.0 Å². The SMILES string of the molecule is CCn1c(SCC(=O)N(C)Cc2ccc(Cl)s2)nnc1-c1cccs1. The van der Waals surface area contributed by atoms with Gasteiger partial charge in [0.25, 0.3) is 0 Å². The van der Waals surface area contributed by atoms with Crippen LogP contribution in [0.1, 0.15) is 11.8 Å². The molecular formula is C16H17ClN4OS3. The number of thiophene rings is 2. The van der Waals surface area contributed by atoms with Crippen molar-refractivity contribution < 1.29 is 4.79 Å². The van der Waals surface area contributed by atoms with E-state index in [0.717, 1.165) is 31.6 Å². The fourth-order valence-corrected chi connectivity index (χ4v) is 5.07. The van der Waals surface area contributed by atoms with E-state index in [2.05, 4.69) is 17.1 Å². The molecule has 3 heterocycles. The van der Waals surface area contributed by atoms with Crippen molar-refractivity contribution in [1.29, 1.82) is 0 Å². The monoisotopic (exact) mass is 412 g/mol. The zero-order valence-corrected chi connectivity index (χ0v) is 17.0. The van der Waals surface area contributed by atoms with E-state index >= 15 is 0 Å². The average molecular weight is 413 g/mol. The summed E-state index contributed by atoms with van der Waals surface area (Å²) in [5.41, 5.74) is 0. The largest absolute Gasteiger partial charge is 0.340 e. The molecule has 0 unspecified atom stereocenters. The Balaban J connectivity index is 1.62. The van der Waals surface area contributed by atoms with Gasteiger partial charge in [0.15, 0.2) is 11.0 Å². The average Bonchev–Trinajstić information content (AvgIpc) is 3.32. The maximum absolute atomic E-state index is 12.4. The number of carbonyl (C=O) groups is 1. The van der Waals surface area contributed by atoms with Crippen molar-refractivity contribution in [3.63, 3.8) is 0 Å². The van der Waals surface area contributed by atoms with Crippen molar-refractivity contribution in [2.24, 2.45) is 0 Å². The summed E-state index contributed by atoms with van der Waals surface area (Å²) in [4.78, 5) is 16.2. The van der Waals surface area contributed by atoms with Gasteiger partial charge in [-0.3, -0.25) is 4.79 Å². The molecule has 3 rings (SSSR count). The summed E-state index contributed by atoms with van der Waals surface area (Å²) in [5.74, 6) is 1.24. The molecule has 0 N–H and O–H groups in total. The fourth-order valence-electron chi connectivity index (χ4n) is 2.26. The highest BCUT2D eigenvalue weighted by Gasteiger charge is 2.17. The lowest BCUT2D eigenvalue weighted by molar-refractivity contribution is -0.127. The molecule has 0 aliphatic heterocycles. The Bertz CT molecular complexity index is 844. The van der Waals surface area contributed by atoms with Crippen molar-refractivity contribution >= 4 is 51.9 Å². The normalized spacial score (nSPS) is 11.0. The van der Waals surface area contributed by atoms with E-state index in [1.54, 1.807) is 23.3 Å². The van der Waals surface area contributed by atoms with Crippen LogP contribution in [0.3, 0.4) is 0 Å². The van der Waals surface area contributed by atoms with Crippen LogP contribution in [0.2, 0.25) is 4.34 Å². The lowest BCUT2D eigenvalue weighted by atomic mass is 10.4. The first-order valence-electron chi connectivity index (χ1n) is 7.66. The van der Waals surface area contributed by atoms with Gasteiger partial charge in [-0.1, -0.05) is 29.4 Å². The molecule has 0 bridgehead atoms. The predicted molar refractivity (Wildman–Crippen MR) is 106 cm³/mol. The third-order valence-electron chi connectivity index (χ3n) is 3.55. The number of rotatable bonds is 7. The second kappa shape index (κ2) is 8.35. The second-order valence-corrected chi connectivity index (χ2v) is 8.96. The number of carbonyl (C=O) groups excluding carboxylic acids is 1. The Morgan fingerprint density at radius 3 is 2.84 bits per heavy atom. The highest BCUT2D eigenvalue weighted by Crippen LogP contribution is 2.27. The molecule has 0 aliphatic carbocycles. The van der Waals surface area contributed by atoms with E-state index < -0.39 is 0 Å². The Morgan fingerprint density at radius 2 is 2.20 bits per heavy atom. The van der Waals surface area contributed by atoms with Gasteiger partial charge in [0, 0.05) is 18.5 Å². The lowest BCUT2D eigenvalue weighted by Crippen LogP contribution is -2.27. The Hall–Kier alpha value is -1.35. The van der Waals surface area contributed by atoms with Crippen LogP contribution in [0.4, 0.5) is 0 Å². The van der Waals surface area contributed by atoms with Crippen LogP contribution >= 0.6 is 46.0 Å². The van der Waals surface area contributed by atoms with Crippen LogP contribution in [0, 0.1) is 0 Å². The number of hydrogen-bond donors (Lipinski definition) is 0. The molecule has 0 aliphatic rings. The Kier molecular flexibility index (Phi) is 6.16. The van der Waals surface area contributed by atoms with Crippen LogP contribution in [-0.4, -0.2) is 38.4 Å². The van der Waals surface area contributed by atoms with E-state index in [1.165, 1.54) is 23.1 Å². The predicted octanol–water partition coefficient (Wildman–Crippen LogP) is 4.49. The van der Waals surface area contributed by atoms with Gasteiger partial charge in [0.05, 0.1) is 21.5 Å². The highest BCUT2D eigenvalue weighted by atomic mass is 35.5. The maximum Gasteiger partial charge on any atom is 0.233 e. The van der Waals surface area contributed by atoms with Crippen LogP contribution in [0.5, 0.6) is 0 Å². The third kappa shape index (κ3) is 4.44. The number of thioether (sulfide) groups is 1. The van der Waals surface area contributed by atoms with Gasteiger partial charge in [-0.2, -0.15) is 0 Å². The minimum atomic E-state index is 0.0536. The van der Waals surface area contributed by atoms with Gasteiger partial charge < -0.3 is 9.47 Å². The number of hydrogen-bond acceptors (Lipinski definition) is 6. The van der Waals surface area contributed by atoms with Gasteiger partial charge in [-0.15, -0.1) is 32.9 Å². The molecule has 5 nitrogen and oxygen atoms in total. The summed E-state index contributed by atoms with van der Waals surface area (Å²) >= 11 is 10.5. The maximum atomic E-state index is 12.4. The first kappa shape index (κ1) is 18.4. The van der Waals surface area contributed by atoms with Crippen LogP contribution in [0.15, 0.2) is 34.8 Å². The van der Waals surface area contributed by atoms with E-state index in [-0.39, 0.29) is 5.91 Å². The van der Waals surface area contributed by atoms with Gasteiger partial charge >= 0.3 is 0 Å². The summed E-state index contributed by atoms with van der Waals surface area (Å²) in [7, 11) is 1.80. The van der Waals surface area contributed by atoms with Crippen molar-refractivity contribution in [3.8, 4) is 10.7 Å². The van der Waals surface area contributed by atoms with E-state index in [9.17, 15) is 4.79 Å². The quantitative estimate of drug-likeness (QED) is 0.536. The summed E-state index contributed by atoms with van der Waals surface area (Å²) in [6.45, 7) is 3.39. The lowest BCUT2D eigenvalue weighted by Gasteiger charge is -2.15. The minimum absolute atomic E-state index is 0.0536. The van der Waals surface area contributed by atoms with Gasteiger partial charge in [0.2, 0.25) is 5.91 Å². The molecule has 1 amide bonds. The van der Waals surface area contributed by atoms with Crippen LogP contribution < -0.4 is 0 Å². The molecule has 0 atom stereocenters. The molecule has 132 valence electrons. The van der Waals surface area contributed by atoms with Crippen LogP contribution in [0.25, 0.3) is 10.7 Å². The van der Waals surface area contributed by atoms with Crippen LogP contribution in [-0.2, 0) is 17.9 Å². The molecule has 3 aromatic rings. The fraction of sp³-hybridized carbons (Fsp3) is 0.312. The number of halogens is 1. The van der Waals surface area contributed by atoms with E-state index in [0.29, 0.717) is 12.3 Å². The van der Waals surface area contributed by atoms with Gasteiger partial charge in [-0.25, -0.2) is 0 Å². The summed E-state index contributed by atoms with van der Waals surface area (Å²) in [6, 6.07) is 7.83. The molecule has 0 saturated heterocycles. The van der Waals surface area contributed by atoms with Gasteiger partial charge in [-0.05, 0) is 30.5 Å². The molecule has 25 heavy (non-hydrogen) atoms. The van der Waals surface area contributed by atoms with E-state index in [1.807, 2.05) is 34.2 Å². The highest BCUT2D eigenvalue weighted by molar-refractivity contribution is 7.99. The molecule has 3 aromatic heterocycles. The summed E-state index contributed by atoms with van der Waals surface area (Å²) in [6.07, 6.45) is 0. The Labute approximate surface area is 163 Å². The molecule has 0 saturated carbocycles. The van der Waals surface area contributed by atoms with Crippen molar-refractivity contribution in [3.05, 3.63) is 38.9 Å². The summed E-state index contributed by atoms with van der Waals surface area (Å²) in [5, 5.41) is 11.3. The summed E-state index contributed by atoms with van der Waals surface area (Å²) < 4.78 is 2.78. The van der Waals surface area contributed by atoms with Gasteiger partial charge in [0.1, 0.15) is 0 Å². The van der Waals surface area contributed by atoms with Crippen molar-refractivity contribution in [2.75, 3.05) is 12.8 Å². The second-order valence-electron chi connectivity index (χ2n) is 5.27. The Morgan fingerprint density at radius 1 is 1.36 bits per heavy atom. The first-order valence-corrected chi connectivity index (χ1v) is 10.7. The molecule has 0 fully saturated rings. The molecule has 0 spiro atoms.